The molecule has 0 fully saturated rings. The van der Waals surface area contributed by atoms with Crippen molar-refractivity contribution in [3.05, 3.63) is 0 Å². The molecule has 0 aromatic carbocycles. The Kier molecular flexibility index (Phi) is 5.43. The fraction of sp³-hybridized carbons (Fsp3) is 0.857. The summed E-state index contributed by atoms with van der Waals surface area (Å²) < 4.78 is 40.6. The number of alkyl halides is 4. The molecule has 0 bridgehead atoms. The zero-order valence-electron chi connectivity index (χ0n) is 7.47. The SMILES string of the molecule is CCCOC(=O)[C@@H](Br)[C@@H](N)C(F)(F)F. The molecule has 0 saturated heterocycles. The Labute approximate surface area is 87.9 Å². The number of esters is 1. The number of halogens is 4. The molecule has 2 atom stereocenters. The van der Waals surface area contributed by atoms with Crippen molar-refractivity contribution in [2.45, 2.75) is 30.4 Å². The maximum Gasteiger partial charge on any atom is 0.405 e. The maximum atomic E-state index is 12.0. The van der Waals surface area contributed by atoms with Crippen LogP contribution in [0, 0.1) is 0 Å². The summed E-state index contributed by atoms with van der Waals surface area (Å²) in [4.78, 5) is 9.39. The molecule has 0 rings (SSSR count). The molecular weight excluding hydrogens is 267 g/mol. The molecule has 0 aliphatic rings. The highest BCUT2D eigenvalue weighted by Crippen LogP contribution is 2.24. The molecule has 0 unspecified atom stereocenters. The molecule has 3 nitrogen and oxygen atoms in total. The number of hydrogen-bond donors (Lipinski definition) is 1. The van der Waals surface area contributed by atoms with Crippen molar-refractivity contribution < 1.29 is 22.7 Å². The van der Waals surface area contributed by atoms with E-state index in [1.54, 1.807) is 6.92 Å². The minimum atomic E-state index is -4.61. The van der Waals surface area contributed by atoms with E-state index in [1.807, 2.05) is 0 Å². The highest BCUT2D eigenvalue weighted by Gasteiger charge is 2.44. The van der Waals surface area contributed by atoms with Crippen molar-refractivity contribution in [2.24, 2.45) is 5.73 Å². The molecule has 0 spiro atoms. The van der Waals surface area contributed by atoms with Gasteiger partial charge in [0.15, 0.2) is 0 Å². The largest absolute Gasteiger partial charge is 0.465 e. The summed E-state index contributed by atoms with van der Waals surface area (Å²) in [6, 6.07) is -2.24. The Morgan fingerprint density at radius 3 is 2.43 bits per heavy atom. The lowest BCUT2D eigenvalue weighted by Crippen LogP contribution is -2.48. The van der Waals surface area contributed by atoms with Gasteiger partial charge in [-0.25, -0.2) is 0 Å². The molecular formula is C7H11BrF3NO2. The van der Waals surface area contributed by atoms with Gasteiger partial charge in [0.1, 0.15) is 10.9 Å². The van der Waals surface area contributed by atoms with Gasteiger partial charge in [-0.2, -0.15) is 13.2 Å². The van der Waals surface area contributed by atoms with Crippen LogP contribution in [-0.2, 0) is 9.53 Å². The first-order valence-electron chi connectivity index (χ1n) is 3.93. The molecule has 0 radical (unpaired) electrons. The third kappa shape index (κ3) is 4.28. The van der Waals surface area contributed by atoms with Gasteiger partial charge < -0.3 is 10.5 Å². The second-order valence-electron chi connectivity index (χ2n) is 2.64. The van der Waals surface area contributed by atoms with E-state index in [1.165, 1.54) is 0 Å². The van der Waals surface area contributed by atoms with Crippen molar-refractivity contribution in [2.75, 3.05) is 6.61 Å². The Morgan fingerprint density at radius 2 is 2.07 bits per heavy atom. The molecule has 84 valence electrons. The summed E-state index contributed by atoms with van der Waals surface area (Å²) in [6.07, 6.45) is -4.06. The number of hydrogen-bond acceptors (Lipinski definition) is 3. The molecule has 0 heterocycles. The van der Waals surface area contributed by atoms with Crippen molar-refractivity contribution in [3.8, 4) is 0 Å². The quantitative estimate of drug-likeness (QED) is 0.627. The maximum absolute atomic E-state index is 12.0. The molecule has 0 aliphatic carbocycles. The third-order valence-corrected chi connectivity index (χ3v) is 2.31. The van der Waals surface area contributed by atoms with Crippen LogP contribution >= 0.6 is 15.9 Å². The van der Waals surface area contributed by atoms with Gasteiger partial charge in [-0.05, 0) is 6.42 Å². The molecule has 0 aromatic heterocycles. The van der Waals surface area contributed by atoms with E-state index in [0.29, 0.717) is 6.42 Å². The van der Waals surface area contributed by atoms with E-state index < -0.39 is 23.0 Å². The van der Waals surface area contributed by atoms with Gasteiger partial charge in [-0.15, -0.1) is 0 Å². The highest BCUT2D eigenvalue weighted by molar-refractivity contribution is 9.10. The normalized spacial score (nSPS) is 16.1. The lowest BCUT2D eigenvalue weighted by molar-refractivity contribution is -0.162. The van der Waals surface area contributed by atoms with Gasteiger partial charge in [0, 0.05) is 0 Å². The van der Waals surface area contributed by atoms with E-state index in [-0.39, 0.29) is 6.61 Å². The van der Waals surface area contributed by atoms with Crippen molar-refractivity contribution >= 4 is 21.9 Å². The minimum Gasteiger partial charge on any atom is -0.465 e. The van der Waals surface area contributed by atoms with Crippen LogP contribution in [0.3, 0.4) is 0 Å². The van der Waals surface area contributed by atoms with E-state index >= 15 is 0 Å². The van der Waals surface area contributed by atoms with Crippen LogP contribution in [0.15, 0.2) is 0 Å². The summed E-state index contributed by atoms with van der Waals surface area (Å²) >= 11 is 2.56. The van der Waals surface area contributed by atoms with Crippen LogP contribution < -0.4 is 5.73 Å². The predicted molar refractivity (Wildman–Crippen MR) is 48.0 cm³/mol. The molecule has 0 aliphatic heterocycles. The lowest BCUT2D eigenvalue weighted by atomic mass is 10.2. The van der Waals surface area contributed by atoms with Gasteiger partial charge in [0.05, 0.1) is 6.61 Å². The summed E-state index contributed by atoms with van der Waals surface area (Å²) in [5.41, 5.74) is 4.79. The van der Waals surface area contributed by atoms with Crippen LogP contribution in [0.4, 0.5) is 13.2 Å². The standard InChI is InChI=1S/C7H11BrF3NO2/c1-2-3-14-6(13)4(8)5(12)7(9,10)11/h4-5H,2-3,12H2,1H3/t4-,5+/m0/s1. The fourth-order valence-corrected chi connectivity index (χ4v) is 1.03. The first-order valence-corrected chi connectivity index (χ1v) is 4.85. The van der Waals surface area contributed by atoms with Crippen LogP contribution in [0.5, 0.6) is 0 Å². The first-order chi connectivity index (χ1) is 6.30. The average Bonchev–Trinajstić information content (AvgIpc) is 2.10. The summed E-state index contributed by atoms with van der Waals surface area (Å²) in [5, 5.41) is 0. The fourth-order valence-electron chi connectivity index (χ4n) is 0.595. The minimum absolute atomic E-state index is 0.0888. The van der Waals surface area contributed by atoms with Crippen LogP contribution in [0.1, 0.15) is 13.3 Å². The zero-order valence-corrected chi connectivity index (χ0v) is 9.06. The van der Waals surface area contributed by atoms with Gasteiger partial charge in [-0.1, -0.05) is 22.9 Å². The number of rotatable bonds is 4. The van der Waals surface area contributed by atoms with Gasteiger partial charge in [0.25, 0.3) is 0 Å². The van der Waals surface area contributed by atoms with E-state index in [4.69, 9.17) is 5.73 Å². The van der Waals surface area contributed by atoms with Crippen molar-refractivity contribution in [1.82, 2.24) is 0 Å². The summed E-state index contributed by atoms with van der Waals surface area (Å²) in [7, 11) is 0. The molecule has 0 aromatic rings. The monoisotopic (exact) mass is 277 g/mol. The van der Waals surface area contributed by atoms with Gasteiger partial charge in [-0.3, -0.25) is 4.79 Å². The smallest absolute Gasteiger partial charge is 0.405 e. The number of carbonyl (C=O) groups excluding carboxylic acids is 1. The lowest BCUT2D eigenvalue weighted by Gasteiger charge is -2.19. The second-order valence-corrected chi connectivity index (χ2v) is 3.62. The molecule has 0 saturated carbocycles. The van der Waals surface area contributed by atoms with Crippen molar-refractivity contribution in [3.63, 3.8) is 0 Å². The van der Waals surface area contributed by atoms with E-state index in [2.05, 4.69) is 20.7 Å². The first kappa shape index (κ1) is 13.7. The predicted octanol–water partition coefficient (Wildman–Crippen LogP) is 1.59. The molecule has 2 N–H and O–H groups in total. The number of nitrogens with two attached hydrogens (primary N) is 1. The van der Waals surface area contributed by atoms with Crippen LogP contribution in [-0.4, -0.2) is 29.6 Å². The molecule has 14 heavy (non-hydrogen) atoms. The zero-order chi connectivity index (χ0) is 11.4. The Morgan fingerprint density at radius 1 is 1.57 bits per heavy atom. The third-order valence-electron chi connectivity index (χ3n) is 1.37. The Balaban J connectivity index is 4.18. The summed E-state index contributed by atoms with van der Waals surface area (Å²) in [6.45, 7) is 1.83. The number of carbonyl (C=O) groups is 1. The Hall–Kier alpha value is -0.300. The van der Waals surface area contributed by atoms with Gasteiger partial charge in [0.2, 0.25) is 0 Å². The van der Waals surface area contributed by atoms with Crippen molar-refractivity contribution in [1.29, 1.82) is 0 Å². The topological polar surface area (TPSA) is 52.3 Å². The average molecular weight is 278 g/mol. The molecule has 7 heteroatoms. The Bertz CT molecular complexity index is 198. The second kappa shape index (κ2) is 5.55. The number of ether oxygens (including phenoxy) is 1. The summed E-state index contributed by atoms with van der Waals surface area (Å²) in [5.74, 6) is -0.989. The van der Waals surface area contributed by atoms with Crippen LogP contribution in [0.25, 0.3) is 0 Å². The van der Waals surface area contributed by atoms with E-state index in [9.17, 15) is 18.0 Å². The van der Waals surface area contributed by atoms with Gasteiger partial charge >= 0.3 is 12.1 Å². The van der Waals surface area contributed by atoms with Crippen LogP contribution in [0.2, 0.25) is 0 Å². The van der Waals surface area contributed by atoms with E-state index in [0.717, 1.165) is 0 Å². The molecule has 0 amide bonds. The highest BCUT2D eigenvalue weighted by atomic mass is 79.9.